The van der Waals surface area contributed by atoms with Crippen molar-refractivity contribution in [2.24, 2.45) is 0 Å². The van der Waals surface area contributed by atoms with Gasteiger partial charge in [-0.3, -0.25) is 0 Å². The van der Waals surface area contributed by atoms with Crippen LogP contribution in [0.2, 0.25) is 5.02 Å². The van der Waals surface area contributed by atoms with Gasteiger partial charge in [0, 0.05) is 29.1 Å². The normalized spacial score (nSPS) is 15.8. The Hall–Kier alpha value is -1.69. The molecule has 6 heteroatoms. The van der Waals surface area contributed by atoms with Gasteiger partial charge in [-0.25, -0.2) is 4.39 Å². The van der Waals surface area contributed by atoms with Gasteiger partial charge in [-0.1, -0.05) is 29.8 Å². The van der Waals surface area contributed by atoms with Crippen LogP contribution in [0.5, 0.6) is 0 Å². The number of anilines is 1. The van der Waals surface area contributed by atoms with Crippen molar-refractivity contribution in [1.82, 2.24) is 5.32 Å². The first-order chi connectivity index (χ1) is 12.1. The third kappa shape index (κ3) is 4.91. The van der Waals surface area contributed by atoms with E-state index in [1.54, 1.807) is 12.1 Å². The third-order valence-electron chi connectivity index (χ3n) is 4.59. The van der Waals surface area contributed by atoms with Gasteiger partial charge in [0.05, 0.1) is 19.6 Å². The molecule has 2 aromatic rings. The summed E-state index contributed by atoms with van der Waals surface area (Å²) >= 11 is 11.8. The first-order valence-corrected chi connectivity index (χ1v) is 9.31. The standard InChI is InChI=1S/C19H21ClFN3S/c20-17-6-2-1-5-16(17)18(24-11-3-4-12-24)13-22-19(25)23-15-9-7-14(21)8-10-15/h1-2,5-10,18H,3-4,11-13H2,(H2,22,23,25)/p+1/t18-/m0/s1. The SMILES string of the molecule is Fc1ccc(NC(=S)NC[C@@H](c2ccccc2Cl)[NH+]2CCCC2)cc1. The Morgan fingerprint density at radius 3 is 2.48 bits per heavy atom. The number of benzene rings is 2. The molecular formula is C19H22ClFN3S+. The number of hydrogen-bond donors (Lipinski definition) is 3. The Morgan fingerprint density at radius 1 is 1.12 bits per heavy atom. The fourth-order valence-electron chi connectivity index (χ4n) is 3.31. The monoisotopic (exact) mass is 378 g/mol. The molecule has 1 fully saturated rings. The fourth-order valence-corrected chi connectivity index (χ4v) is 3.78. The van der Waals surface area contributed by atoms with Crippen molar-refractivity contribution in [3.05, 3.63) is 64.9 Å². The van der Waals surface area contributed by atoms with Crippen LogP contribution in [0.3, 0.4) is 0 Å². The molecule has 1 saturated heterocycles. The zero-order chi connectivity index (χ0) is 17.6. The molecule has 0 radical (unpaired) electrons. The Morgan fingerprint density at radius 2 is 1.80 bits per heavy atom. The maximum Gasteiger partial charge on any atom is 0.171 e. The summed E-state index contributed by atoms with van der Waals surface area (Å²) in [4.78, 5) is 1.53. The Labute approximate surface area is 158 Å². The maximum atomic E-state index is 13.0. The lowest BCUT2D eigenvalue weighted by Crippen LogP contribution is -3.11. The van der Waals surface area contributed by atoms with Crippen molar-refractivity contribution < 1.29 is 9.29 Å². The van der Waals surface area contributed by atoms with E-state index < -0.39 is 0 Å². The van der Waals surface area contributed by atoms with E-state index in [1.165, 1.54) is 29.9 Å². The lowest BCUT2D eigenvalue weighted by atomic mass is 10.1. The van der Waals surface area contributed by atoms with Gasteiger partial charge in [-0.05, 0) is 42.5 Å². The first kappa shape index (κ1) is 18.1. The maximum absolute atomic E-state index is 13.0. The van der Waals surface area contributed by atoms with Crippen LogP contribution in [0.25, 0.3) is 0 Å². The Kier molecular flexibility index (Phi) is 6.24. The number of quaternary nitrogens is 1. The van der Waals surface area contributed by atoms with Gasteiger partial charge in [-0.2, -0.15) is 0 Å². The van der Waals surface area contributed by atoms with Gasteiger partial charge < -0.3 is 15.5 Å². The van der Waals surface area contributed by atoms with Gasteiger partial charge in [-0.15, -0.1) is 0 Å². The quantitative estimate of drug-likeness (QED) is 0.698. The van der Waals surface area contributed by atoms with E-state index in [2.05, 4.69) is 16.7 Å². The van der Waals surface area contributed by atoms with Crippen molar-refractivity contribution in [3.63, 3.8) is 0 Å². The van der Waals surface area contributed by atoms with E-state index in [-0.39, 0.29) is 11.9 Å². The minimum absolute atomic E-state index is 0.254. The van der Waals surface area contributed by atoms with Crippen LogP contribution >= 0.6 is 23.8 Å². The Balaban J connectivity index is 1.65. The van der Waals surface area contributed by atoms with E-state index in [9.17, 15) is 4.39 Å². The number of rotatable bonds is 5. The molecule has 0 saturated carbocycles. The predicted molar refractivity (Wildman–Crippen MR) is 105 cm³/mol. The van der Waals surface area contributed by atoms with Crippen LogP contribution < -0.4 is 15.5 Å². The van der Waals surface area contributed by atoms with Gasteiger partial charge in [0.1, 0.15) is 11.9 Å². The van der Waals surface area contributed by atoms with E-state index >= 15 is 0 Å². The third-order valence-corrected chi connectivity index (χ3v) is 5.18. The predicted octanol–water partition coefficient (Wildman–Crippen LogP) is 3.19. The number of nitrogens with one attached hydrogen (secondary N) is 3. The largest absolute Gasteiger partial charge is 0.356 e. The molecule has 1 aliphatic heterocycles. The van der Waals surface area contributed by atoms with Crippen molar-refractivity contribution in [2.75, 3.05) is 25.0 Å². The molecule has 1 atom stereocenters. The van der Waals surface area contributed by atoms with Crippen molar-refractivity contribution in [2.45, 2.75) is 18.9 Å². The highest BCUT2D eigenvalue weighted by molar-refractivity contribution is 7.80. The summed E-state index contributed by atoms with van der Waals surface area (Å²) in [6.07, 6.45) is 2.49. The molecule has 3 rings (SSSR count). The average Bonchev–Trinajstić information content (AvgIpc) is 3.13. The van der Waals surface area contributed by atoms with Crippen molar-refractivity contribution in [1.29, 1.82) is 0 Å². The lowest BCUT2D eigenvalue weighted by Gasteiger charge is -2.26. The van der Waals surface area contributed by atoms with E-state index in [0.717, 1.165) is 29.4 Å². The molecule has 0 unspecified atom stereocenters. The highest BCUT2D eigenvalue weighted by Crippen LogP contribution is 2.21. The van der Waals surface area contributed by atoms with Crippen LogP contribution in [0.1, 0.15) is 24.4 Å². The second-order valence-electron chi connectivity index (χ2n) is 6.28. The average molecular weight is 379 g/mol. The van der Waals surface area contributed by atoms with Crippen molar-refractivity contribution >= 4 is 34.6 Å². The zero-order valence-corrected chi connectivity index (χ0v) is 15.5. The highest BCUT2D eigenvalue weighted by Gasteiger charge is 2.28. The molecular weight excluding hydrogens is 357 g/mol. The molecule has 0 amide bonds. The summed E-state index contributed by atoms with van der Waals surface area (Å²) < 4.78 is 13.0. The van der Waals surface area contributed by atoms with Crippen LogP contribution in [-0.2, 0) is 0 Å². The minimum atomic E-state index is -0.263. The van der Waals surface area contributed by atoms with Crippen LogP contribution in [0, 0.1) is 5.82 Å². The molecule has 25 heavy (non-hydrogen) atoms. The summed E-state index contributed by atoms with van der Waals surface area (Å²) in [7, 11) is 0. The first-order valence-electron chi connectivity index (χ1n) is 8.53. The lowest BCUT2D eigenvalue weighted by molar-refractivity contribution is -0.918. The van der Waals surface area contributed by atoms with Gasteiger partial charge in [0.25, 0.3) is 0 Å². The number of thiocarbonyl (C=S) groups is 1. The number of likely N-dealkylation sites (tertiary alicyclic amines) is 1. The van der Waals surface area contributed by atoms with E-state index in [1.807, 2.05) is 18.2 Å². The van der Waals surface area contributed by atoms with E-state index in [4.69, 9.17) is 23.8 Å². The van der Waals surface area contributed by atoms with Crippen LogP contribution in [0.15, 0.2) is 48.5 Å². The second-order valence-corrected chi connectivity index (χ2v) is 7.10. The number of hydrogen-bond acceptors (Lipinski definition) is 1. The summed E-state index contributed by atoms with van der Waals surface area (Å²) in [5, 5.41) is 7.72. The zero-order valence-electron chi connectivity index (χ0n) is 13.9. The van der Waals surface area contributed by atoms with Gasteiger partial charge >= 0.3 is 0 Å². The second kappa shape index (κ2) is 8.61. The molecule has 3 N–H and O–H groups in total. The molecule has 0 aliphatic carbocycles. The minimum Gasteiger partial charge on any atom is -0.356 e. The summed E-state index contributed by atoms with van der Waals surface area (Å²) in [6.45, 7) is 3.00. The van der Waals surface area contributed by atoms with Gasteiger partial charge in [0.15, 0.2) is 5.11 Å². The van der Waals surface area contributed by atoms with E-state index in [0.29, 0.717) is 11.7 Å². The number of halogens is 2. The van der Waals surface area contributed by atoms with Gasteiger partial charge in [0.2, 0.25) is 0 Å². The summed E-state index contributed by atoms with van der Waals surface area (Å²) in [5.41, 5.74) is 1.92. The molecule has 0 aromatic heterocycles. The Bertz CT molecular complexity index is 717. The molecule has 1 aliphatic rings. The molecule has 0 spiro atoms. The van der Waals surface area contributed by atoms with Crippen molar-refractivity contribution in [3.8, 4) is 0 Å². The molecule has 1 heterocycles. The van der Waals surface area contributed by atoms with Crippen LogP contribution in [0.4, 0.5) is 10.1 Å². The summed E-state index contributed by atoms with van der Waals surface area (Å²) in [6, 6.07) is 14.4. The molecule has 0 bridgehead atoms. The topological polar surface area (TPSA) is 28.5 Å². The summed E-state index contributed by atoms with van der Waals surface area (Å²) in [5.74, 6) is -0.263. The molecule has 2 aromatic carbocycles. The fraction of sp³-hybridized carbons (Fsp3) is 0.316. The van der Waals surface area contributed by atoms with Crippen LogP contribution in [-0.4, -0.2) is 24.7 Å². The smallest absolute Gasteiger partial charge is 0.171 e. The molecule has 3 nitrogen and oxygen atoms in total. The highest BCUT2D eigenvalue weighted by atomic mass is 35.5. The molecule has 132 valence electrons.